The first-order chi connectivity index (χ1) is 9.54. The summed E-state index contributed by atoms with van der Waals surface area (Å²) in [4.78, 5) is 0. The Hall–Kier alpha value is -1.20. The molecule has 20 heavy (non-hydrogen) atoms. The van der Waals surface area contributed by atoms with E-state index in [-0.39, 0.29) is 5.75 Å². The molecule has 2 rings (SSSR count). The third-order valence-electron chi connectivity index (χ3n) is 2.71. The van der Waals surface area contributed by atoms with Gasteiger partial charge in [0.05, 0.1) is 12.3 Å². The molecule has 0 saturated heterocycles. The van der Waals surface area contributed by atoms with Crippen LogP contribution in [-0.4, -0.2) is 5.76 Å². The first-order valence-electron chi connectivity index (χ1n) is 6.02. The van der Waals surface area contributed by atoms with Crippen molar-refractivity contribution in [1.29, 1.82) is 0 Å². The number of thioether (sulfide) groups is 1. The van der Waals surface area contributed by atoms with Gasteiger partial charge in [-0.15, -0.1) is 0 Å². The van der Waals surface area contributed by atoms with Gasteiger partial charge in [0.1, 0.15) is 11.5 Å². The van der Waals surface area contributed by atoms with Crippen molar-refractivity contribution in [3.05, 3.63) is 52.4 Å². The van der Waals surface area contributed by atoms with Crippen LogP contribution in [0.2, 0.25) is 5.02 Å². The van der Waals surface area contributed by atoms with E-state index < -0.39 is 5.76 Å². The second-order valence-corrected chi connectivity index (χ2v) is 5.64. The van der Waals surface area contributed by atoms with Crippen LogP contribution in [0.15, 0.2) is 34.7 Å². The Morgan fingerprint density at radius 2 is 2.00 bits per heavy atom. The fraction of sp³-hybridized carbons (Fsp3) is 0.286. The van der Waals surface area contributed by atoms with Crippen LogP contribution in [0, 0.1) is 6.92 Å². The SMILES string of the molecule is Cc1ccc(NCc2ccc(CSC(F)F)o2)cc1Cl. The van der Waals surface area contributed by atoms with Crippen molar-refractivity contribution < 1.29 is 13.2 Å². The number of benzene rings is 1. The van der Waals surface area contributed by atoms with Gasteiger partial charge in [-0.3, -0.25) is 0 Å². The van der Waals surface area contributed by atoms with Gasteiger partial charge in [0.25, 0.3) is 5.76 Å². The van der Waals surface area contributed by atoms with Crippen LogP contribution in [-0.2, 0) is 12.3 Å². The lowest BCUT2D eigenvalue weighted by molar-refractivity contribution is 0.251. The summed E-state index contributed by atoms with van der Waals surface area (Å²) >= 11 is 6.58. The summed E-state index contributed by atoms with van der Waals surface area (Å²) in [5.74, 6) is -0.953. The largest absolute Gasteiger partial charge is 0.463 e. The number of alkyl halides is 2. The molecule has 1 heterocycles. The molecule has 0 aliphatic carbocycles. The van der Waals surface area contributed by atoms with Crippen LogP contribution >= 0.6 is 23.4 Å². The maximum absolute atomic E-state index is 12.1. The molecule has 0 radical (unpaired) electrons. The van der Waals surface area contributed by atoms with Crippen LogP contribution in [0.1, 0.15) is 17.1 Å². The standard InChI is InChI=1S/C14H14ClF2NOS/c1-9-2-3-10(6-13(9)15)18-7-11-4-5-12(19-11)8-20-14(16)17/h2-6,14,18H,7-8H2,1H3. The van der Waals surface area contributed by atoms with E-state index in [1.807, 2.05) is 25.1 Å². The molecular formula is C14H14ClF2NOS. The molecule has 108 valence electrons. The van der Waals surface area contributed by atoms with E-state index in [1.165, 1.54) is 0 Å². The van der Waals surface area contributed by atoms with Crippen molar-refractivity contribution in [3.63, 3.8) is 0 Å². The predicted octanol–water partition coefficient (Wildman–Crippen LogP) is 5.31. The first-order valence-corrected chi connectivity index (χ1v) is 7.44. The van der Waals surface area contributed by atoms with E-state index >= 15 is 0 Å². The topological polar surface area (TPSA) is 25.2 Å². The lowest BCUT2D eigenvalue weighted by Crippen LogP contribution is -1.98. The van der Waals surface area contributed by atoms with Crippen molar-refractivity contribution in [2.45, 2.75) is 25.0 Å². The lowest BCUT2D eigenvalue weighted by atomic mass is 10.2. The van der Waals surface area contributed by atoms with Gasteiger partial charge < -0.3 is 9.73 Å². The Kier molecular flexibility index (Phi) is 5.31. The van der Waals surface area contributed by atoms with Gasteiger partial charge in [-0.1, -0.05) is 29.4 Å². The summed E-state index contributed by atoms with van der Waals surface area (Å²) in [7, 11) is 0. The second-order valence-electron chi connectivity index (χ2n) is 4.26. The number of hydrogen-bond acceptors (Lipinski definition) is 3. The normalized spacial score (nSPS) is 11.1. The first kappa shape index (κ1) is 15.2. The number of aryl methyl sites for hydroxylation is 1. The van der Waals surface area contributed by atoms with Crippen LogP contribution in [0.3, 0.4) is 0 Å². The minimum atomic E-state index is -2.38. The zero-order valence-electron chi connectivity index (χ0n) is 10.8. The Balaban J connectivity index is 1.89. The molecule has 0 fully saturated rings. The molecule has 0 amide bonds. The van der Waals surface area contributed by atoms with E-state index in [0.29, 0.717) is 34.8 Å². The quantitative estimate of drug-likeness (QED) is 0.781. The van der Waals surface area contributed by atoms with Crippen molar-refractivity contribution in [2.75, 3.05) is 5.32 Å². The summed E-state index contributed by atoms with van der Waals surface area (Å²) < 4.78 is 29.6. The minimum absolute atomic E-state index is 0.175. The molecule has 0 spiro atoms. The Morgan fingerprint density at radius 1 is 1.25 bits per heavy atom. The predicted molar refractivity (Wildman–Crippen MR) is 79.5 cm³/mol. The molecule has 6 heteroatoms. The molecule has 0 bridgehead atoms. The number of rotatable bonds is 6. The smallest absolute Gasteiger partial charge is 0.284 e. The summed E-state index contributed by atoms with van der Waals surface area (Å²) in [6, 6.07) is 9.20. The molecule has 2 aromatic rings. The molecule has 1 aromatic carbocycles. The van der Waals surface area contributed by atoms with Gasteiger partial charge in [-0.2, -0.15) is 8.78 Å². The average molecular weight is 318 g/mol. The number of furan rings is 1. The average Bonchev–Trinajstić information content (AvgIpc) is 2.86. The molecule has 0 aliphatic rings. The lowest BCUT2D eigenvalue weighted by Gasteiger charge is -2.06. The monoisotopic (exact) mass is 317 g/mol. The van der Waals surface area contributed by atoms with Gasteiger partial charge in [-0.05, 0) is 36.8 Å². The zero-order chi connectivity index (χ0) is 14.5. The third-order valence-corrected chi connectivity index (χ3v) is 3.82. The second kappa shape index (κ2) is 6.99. The summed E-state index contributed by atoms with van der Waals surface area (Å²) in [5, 5.41) is 3.87. The van der Waals surface area contributed by atoms with Gasteiger partial charge >= 0.3 is 0 Å². The van der Waals surface area contributed by atoms with E-state index in [9.17, 15) is 8.78 Å². The number of hydrogen-bond donors (Lipinski definition) is 1. The summed E-state index contributed by atoms with van der Waals surface area (Å²) in [5.41, 5.74) is 1.90. The Bertz CT molecular complexity index is 574. The molecular weight excluding hydrogens is 304 g/mol. The molecule has 0 aliphatic heterocycles. The van der Waals surface area contributed by atoms with E-state index in [0.717, 1.165) is 11.3 Å². The maximum Gasteiger partial charge on any atom is 0.284 e. The van der Waals surface area contributed by atoms with Crippen LogP contribution in [0.4, 0.5) is 14.5 Å². The highest BCUT2D eigenvalue weighted by molar-refractivity contribution is 7.98. The van der Waals surface area contributed by atoms with E-state index in [1.54, 1.807) is 12.1 Å². The van der Waals surface area contributed by atoms with E-state index in [4.69, 9.17) is 16.0 Å². The Morgan fingerprint density at radius 3 is 2.70 bits per heavy atom. The Labute approximate surface area is 125 Å². The van der Waals surface area contributed by atoms with Gasteiger partial charge in [0.2, 0.25) is 0 Å². The van der Waals surface area contributed by atoms with Gasteiger partial charge in [0, 0.05) is 10.7 Å². The highest BCUT2D eigenvalue weighted by Gasteiger charge is 2.07. The highest BCUT2D eigenvalue weighted by Crippen LogP contribution is 2.23. The molecule has 1 N–H and O–H groups in total. The molecule has 0 unspecified atom stereocenters. The maximum atomic E-state index is 12.1. The minimum Gasteiger partial charge on any atom is -0.463 e. The summed E-state index contributed by atoms with van der Waals surface area (Å²) in [6.45, 7) is 2.42. The van der Waals surface area contributed by atoms with Crippen molar-refractivity contribution in [2.24, 2.45) is 0 Å². The number of nitrogens with one attached hydrogen (secondary N) is 1. The molecule has 0 saturated carbocycles. The van der Waals surface area contributed by atoms with Crippen LogP contribution < -0.4 is 5.32 Å². The van der Waals surface area contributed by atoms with Crippen molar-refractivity contribution >= 4 is 29.1 Å². The molecule has 2 nitrogen and oxygen atoms in total. The van der Waals surface area contributed by atoms with E-state index in [2.05, 4.69) is 5.32 Å². The van der Waals surface area contributed by atoms with Gasteiger partial charge in [0.15, 0.2) is 0 Å². The zero-order valence-corrected chi connectivity index (χ0v) is 12.4. The number of anilines is 1. The van der Waals surface area contributed by atoms with Gasteiger partial charge in [-0.25, -0.2) is 0 Å². The molecule has 0 atom stereocenters. The highest BCUT2D eigenvalue weighted by atomic mass is 35.5. The fourth-order valence-corrected chi connectivity index (χ4v) is 2.26. The van der Waals surface area contributed by atoms with Crippen molar-refractivity contribution in [1.82, 2.24) is 0 Å². The molecule has 1 aromatic heterocycles. The summed E-state index contributed by atoms with van der Waals surface area (Å²) in [6.07, 6.45) is 0. The van der Waals surface area contributed by atoms with Crippen molar-refractivity contribution in [3.8, 4) is 0 Å². The third kappa shape index (κ3) is 4.42. The van der Waals surface area contributed by atoms with Crippen LogP contribution in [0.5, 0.6) is 0 Å². The fourth-order valence-electron chi connectivity index (χ4n) is 1.63. The number of halogens is 3. The van der Waals surface area contributed by atoms with Crippen LogP contribution in [0.25, 0.3) is 0 Å².